The van der Waals surface area contributed by atoms with E-state index >= 15 is 0 Å². The Hall–Kier alpha value is -2.15. The second kappa shape index (κ2) is 8.98. The Morgan fingerprint density at radius 1 is 1.12 bits per heavy atom. The molecule has 0 bridgehead atoms. The van der Waals surface area contributed by atoms with E-state index in [0.29, 0.717) is 22.3 Å². The lowest BCUT2D eigenvalue weighted by Gasteiger charge is -2.08. The van der Waals surface area contributed by atoms with E-state index in [4.69, 9.17) is 23.2 Å². The predicted molar refractivity (Wildman–Crippen MR) is 107 cm³/mol. The van der Waals surface area contributed by atoms with Crippen molar-refractivity contribution in [2.75, 3.05) is 11.9 Å². The minimum atomic E-state index is -0.278. The minimum absolute atomic E-state index is 0.278. The first kappa shape index (κ1) is 18.6. The van der Waals surface area contributed by atoms with Crippen LogP contribution >= 0.6 is 34.5 Å². The van der Waals surface area contributed by atoms with Gasteiger partial charge in [-0.1, -0.05) is 23.2 Å². The molecule has 0 aliphatic heterocycles. The van der Waals surface area contributed by atoms with Crippen molar-refractivity contribution < 1.29 is 4.79 Å². The first-order valence-electron chi connectivity index (χ1n) is 7.96. The zero-order valence-electron chi connectivity index (χ0n) is 13.7. The molecule has 5 nitrogen and oxygen atoms in total. The molecular formula is C18H16Cl2N4OS. The number of rotatable bonds is 6. The van der Waals surface area contributed by atoms with Gasteiger partial charge in [0.15, 0.2) is 0 Å². The zero-order valence-corrected chi connectivity index (χ0v) is 16.0. The molecule has 8 heteroatoms. The summed E-state index contributed by atoms with van der Waals surface area (Å²) in [6.45, 7) is 0.553. The number of aromatic nitrogens is 2. The number of hydrogen-bond acceptors (Lipinski definition) is 4. The highest BCUT2D eigenvalue weighted by Gasteiger charge is 2.06. The van der Waals surface area contributed by atoms with Crippen LogP contribution in [-0.4, -0.2) is 22.5 Å². The number of thiazole rings is 1. The first-order valence-corrected chi connectivity index (χ1v) is 9.60. The van der Waals surface area contributed by atoms with Crippen LogP contribution in [-0.2, 0) is 6.42 Å². The van der Waals surface area contributed by atoms with E-state index < -0.39 is 0 Å². The van der Waals surface area contributed by atoms with Gasteiger partial charge in [0.1, 0.15) is 0 Å². The van der Waals surface area contributed by atoms with Gasteiger partial charge in [0.25, 0.3) is 0 Å². The molecule has 2 amide bonds. The van der Waals surface area contributed by atoms with E-state index in [1.54, 1.807) is 41.9 Å². The summed E-state index contributed by atoms with van der Waals surface area (Å²) in [6, 6.07) is 8.55. The van der Waals surface area contributed by atoms with Crippen molar-refractivity contribution in [1.29, 1.82) is 0 Å². The molecule has 3 rings (SSSR count). The summed E-state index contributed by atoms with van der Waals surface area (Å²) in [5.41, 5.74) is 2.61. The Morgan fingerprint density at radius 3 is 2.69 bits per heavy atom. The highest BCUT2D eigenvalue weighted by molar-refractivity contribution is 7.09. The smallest absolute Gasteiger partial charge is 0.319 e. The summed E-state index contributed by atoms with van der Waals surface area (Å²) in [5.74, 6) is 0. The fourth-order valence-electron chi connectivity index (χ4n) is 2.27. The maximum Gasteiger partial charge on any atom is 0.319 e. The maximum atomic E-state index is 11.9. The Labute approximate surface area is 165 Å². The molecule has 2 N–H and O–H groups in total. The molecule has 1 aromatic carbocycles. The number of amides is 2. The summed E-state index contributed by atoms with van der Waals surface area (Å²) in [4.78, 5) is 20.5. The third-order valence-corrected chi connectivity index (χ3v) is 5.21. The van der Waals surface area contributed by atoms with E-state index in [2.05, 4.69) is 20.6 Å². The Balaban J connectivity index is 1.42. The van der Waals surface area contributed by atoms with Gasteiger partial charge in [0.2, 0.25) is 0 Å². The molecule has 3 aromatic rings. The van der Waals surface area contributed by atoms with Crippen molar-refractivity contribution in [3.8, 4) is 11.3 Å². The molecule has 0 aliphatic carbocycles. The summed E-state index contributed by atoms with van der Waals surface area (Å²) < 4.78 is 0. The fraction of sp³-hybridized carbons (Fsp3) is 0.167. The third-order valence-electron chi connectivity index (χ3n) is 3.56. The van der Waals surface area contributed by atoms with Crippen LogP contribution in [0.1, 0.15) is 11.4 Å². The highest BCUT2D eigenvalue weighted by Crippen LogP contribution is 2.25. The summed E-state index contributed by atoms with van der Waals surface area (Å²) in [7, 11) is 0. The standard InChI is InChI=1S/C18H16Cl2N4OS/c19-14-4-3-13(10-15(14)20)23-18(25)22-7-1-2-17-24-16(11-26-17)12-5-8-21-9-6-12/h3-6,8-11H,1-2,7H2,(H2,22,23,25). The highest BCUT2D eigenvalue weighted by atomic mass is 35.5. The molecule has 0 saturated carbocycles. The molecule has 0 aliphatic rings. The topological polar surface area (TPSA) is 66.9 Å². The van der Waals surface area contributed by atoms with Crippen molar-refractivity contribution >= 4 is 46.3 Å². The number of halogens is 2. The van der Waals surface area contributed by atoms with Gasteiger partial charge in [0.05, 0.1) is 20.7 Å². The van der Waals surface area contributed by atoms with Gasteiger partial charge in [0, 0.05) is 42.0 Å². The molecule has 2 aromatic heterocycles. The van der Waals surface area contributed by atoms with Gasteiger partial charge < -0.3 is 10.6 Å². The van der Waals surface area contributed by atoms with Gasteiger partial charge in [-0.2, -0.15) is 0 Å². The number of nitrogens with one attached hydrogen (secondary N) is 2. The van der Waals surface area contributed by atoms with Crippen LogP contribution < -0.4 is 10.6 Å². The Morgan fingerprint density at radius 2 is 1.92 bits per heavy atom. The Kier molecular flexibility index (Phi) is 6.44. The molecule has 0 atom stereocenters. The van der Waals surface area contributed by atoms with Crippen molar-refractivity contribution in [1.82, 2.24) is 15.3 Å². The van der Waals surface area contributed by atoms with Crippen LogP contribution in [0.25, 0.3) is 11.3 Å². The van der Waals surface area contributed by atoms with Gasteiger partial charge in [-0.05, 0) is 36.8 Å². The van der Waals surface area contributed by atoms with Crippen LogP contribution in [0.4, 0.5) is 10.5 Å². The normalized spacial score (nSPS) is 10.5. The van der Waals surface area contributed by atoms with Gasteiger partial charge >= 0.3 is 6.03 Å². The van der Waals surface area contributed by atoms with Gasteiger partial charge in [-0.15, -0.1) is 11.3 Å². The van der Waals surface area contributed by atoms with Crippen LogP contribution in [0.2, 0.25) is 10.0 Å². The van der Waals surface area contributed by atoms with E-state index in [9.17, 15) is 4.79 Å². The second-order valence-corrected chi connectivity index (χ2v) is 7.23. The summed E-state index contributed by atoms with van der Waals surface area (Å²) in [5, 5.41) is 9.47. The molecule has 26 heavy (non-hydrogen) atoms. The van der Waals surface area contributed by atoms with Crippen LogP contribution in [0.5, 0.6) is 0 Å². The van der Waals surface area contributed by atoms with E-state index in [0.717, 1.165) is 29.1 Å². The Bertz CT molecular complexity index is 886. The van der Waals surface area contributed by atoms with Crippen molar-refractivity contribution in [2.24, 2.45) is 0 Å². The summed E-state index contributed by atoms with van der Waals surface area (Å²) in [6.07, 6.45) is 5.12. The molecule has 2 heterocycles. The van der Waals surface area contributed by atoms with Crippen molar-refractivity contribution in [3.05, 3.63) is 63.2 Å². The van der Waals surface area contributed by atoms with Crippen molar-refractivity contribution in [2.45, 2.75) is 12.8 Å². The third kappa shape index (κ3) is 5.17. The number of benzene rings is 1. The van der Waals surface area contributed by atoms with E-state index in [1.165, 1.54) is 0 Å². The lowest BCUT2D eigenvalue weighted by molar-refractivity contribution is 0.252. The number of aryl methyl sites for hydroxylation is 1. The first-order chi connectivity index (χ1) is 12.6. The molecule has 134 valence electrons. The average Bonchev–Trinajstić information content (AvgIpc) is 3.12. The second-order valence-electron chi connectivity index (χ2n) is 5.48. The number of hydrogen-bond donors (Lipinski definition) is 2. The van der Waals surface area contributed by atoms with Crippen LogP contribution in [0.3, 0.4) is 0 Å². The molecule has 0 spiro atoms. The lowest BCUT2D eigenvalue weighted by Crippen LogP contribution is -2.29. The number of anilines is 1. The van der Waals surface area contributed by atoms with Gasteiger partial charge in [-0.3, -0.25) is 4.98 Å². The van der Waals surface area contributed by atoms with E-state index in [1.807, 2.05) is 17.5 Å². The summed E-state index contributed by atoms with van der Waals surface area (Å²) >= 11 is 13.4. The monoisotopic (exact) mass is 406 g/mol. The number of carbonyl (C=O) groups is 1. The molecule has 0 fully saturated rings. The van der Waals surface area contributed by atoms with Gasteiger partial charge in [-0.25, -0.2) is 9.78 Å². The van der Waals surface area contributed by atoms with Crippen LogP contribution in [0, 0.1) is 0 Å². The van der Waals surface area contributed by atoms with Crippen molar-refractivity contribution in [3.63, 3.8) is 0 Å². The lowest BCUT2D eigenvalue weighted by atomic mass is 10.2. The number of carbonyl (C=O) groups excluding carboxylic acids is 1. The fourth-order valence-corrected chi connectivity index (χ4v) is 3.42. The molecular weight excluding hydrogens is 391 g/mol. The predicted octanol–water partition coefficient (Wildman–Crippen LogP) is 5.27. The molecule has 0 radical (unpaired) electrons. The zero-order chi connectivity index (χ0) is 18.4. The average molecular weight is 407 g/mol. The number of pyridine rings is 1. The van der Waals surface area contributed by atoms with Crippen LogP contribution in [0.15, 0.2) is 48.1 Å². The molecule has 0 unspecified atom stereocenters. The minimum Gasteiger partial charge on any atom is -0.338 e. The van der Waals surface area contributed by atoms with E-state index in [-0.39, 0.29) is 6.03 Å². The number of urea groups is 1. The quantitative estimate of drug-likeness (QED) is 0.548. The maximum absolute atomic E-state index is 11.9. The molecule has 0 saturated heterocycles. The number of nitrogens with zero attached hydrogens (tertiary/aromatic N) is 2. The SMILES string of the molecule is O=C(NCCCc1nc(-c2ccncc2)cs1)Nc1ccc(Cl)c(Cl)c1. The largest absolute Gasteiger partial charge is 0.338 e.